The molecular weight excluding hydrogens is 318 g/mol. The third-order valence-corrected chi connectivity index (χ3v) is 4.23. The Bertz CT molecular complexity index is 607. The Kier molecular flexibility index (Phi) is 4.83. The van der Waals surface area contributed by atoms with Gasteiger partial charge in [-0.05, 0) is 44.7 Å². The van der Waals surface area contributed by atoms with Gasteiger partial charge in [0.05, 0.1) is 19.3 Å². The van der Waals surface area contributed by atoms with Crippen LogP contribution >= 0.6 is 15.9 Å². The number of rotatable bonds is 5. The van der Waals surface area contributed by atoms with Crippen molar-refractivity contribution in [1.29, 1.82) is 0 Å². The van der Waals surface area contributed by atoms with Gasteiger partial charge >= 0.3 is 0 Å². The molecule has 0 bridgehead atoms. The summed E-state index contributed by atoms with van der Waals surface area (Å²) in [5.74, 6) is 0.861. The van der Waals surface area contributed by atoms with Crippen molar-refractivity contribution in [1.82, 2.24) is 15.1 Å². The summed E-state index contributed by atoms with van der Waals surface area (Å²) in [4.78, 5) is 0. The summed E-state index contributed by atoms with van der Waals surface area (Å²) in [6.45, 7) is 5.74. The predicted molar refractivity (Wildman–Crippen MR) is 84.3 cm³/mol. The minimum absolute atomic E-state index is 0.730. The van der Waals surface area contributed by atoms with E-state index in [0.717, 1.165) is 34.6 Å². The third kappa shape index (κ3) is 3.04. The zero-order valence-corrected chi connectivity index (χ0v) is 13.9. The predicted octanol–water partition coefficient (Wildman–Crippen LogP) is 3.04. The lowest BCUT2D eigenvalue weighted by Crippen LogP contribution is -2.08. The summed E-state index contributed by atoms with van der Waals surface area (Å²) in [6, 6.07) is 5.99. The number of nitrogens with one attached hydrogen (secondary N) is 1. The highest BCUT2D eigenvalue weighted by Gasteiger charge is 2.12. The SMILES string of the molecule is CNCc1c(C)nn(Cc2cc(OC)ccc2Br)c1C. The molecule has 0 saturated carbocycles. The minimum Gasteiger partial charge on any atom is -0.497 e. The second kappa shape index (κ2) is 6.41. The van der Waals surface area contributed by atoms with E-state index in [9.17, 15) is 0 Å². The van der Waals surface area contributed by atoms with Gasteiger partial charge in [0.15, 0.2) is 0 Å². The molecule has 0 spiro atoms. The standard InChI is InChI=1S/C15H20BrN3O/c1-10-14(8-17-3)11(2)19(18-10)9-12-7-13(20-4)5-6-15(12)16/h5-7,17H,8-9H2,1-4H3. The number of hydrogen-bond acceptors (Lipinski definition) is 3. The average Bonchev–Trinajstić information content (AvgIpc) is 2.69. The first-order valence-electron chi connectivity index (χ1n) is 6.56. The first-order valence-corrected chi connectivity index (χ1v) is 7.36. The number of ether oxygens (including phenoxy) is 1. The van der Waals surface area contributed by atoms with Crippen LogP contribution in [-0.4, -0.2) is 23.9 Å². The maximum Gasteiger partial charge on any atom is 0.119 e. The minimum atomic E-state index is 0.730. The van der Waals surface area contributed by atoms with Gasteiger partial charge in [0, 0.05) is 22.3 Å². The largest absolute Gasteiger partial charge is 0.497 e. The maximum absolute atomic E-state index is 5.28. The number of aromatic nitrogens is 2. The lowest BCUT2D eigenvalue weighted by molar-refractivity contribution is 0.414. The summed E-state index contributed by atoms with van der Waals surface area (Å²) in [5.41, 5.74) is 4.71. The molecule has 4 nitrogen and oxygen atoms in total. The Morgan fingerprint density at radius 1 is 1.35 bits per heavy atom. The molecule has 0 saturated heterocycles. The second-order valence-corrected chi connectivity index (χ2v) is 5.65. The molecule has 0 aliphatic heterocycles. The molecule has 1 aromatic carbocycles. The number of methoxy groups -OCH3 is 1. The van der Waals surface area contributed by atoms with E-state index < -0.39 is 0 Å². The molecule has 1 heterocycles. The molecule has 0 fully saturated rings. The molecule has 0 aliphatic rings. The van der Waals surface area contributed by atoms with Crippen LogP contribution in [-0.2, 0) is 13.1 Å². The Morgan fingerprint density at radius 2 is 2.10 bits per heavy atom. The van der Waals surface area contributed by atoms with Gasteiger partial charge in [-0.2, -0.15) is 5.10 Å². The fourth-order valence-corrected chi connectivity index (χ4v) is 2.65. The van der Waals surface area contributed by atoms with Gasteiger partial charge in [-0.3, -0.25) is 4.68 Å². The van der Waals surface area contributed by atoms with Gasteiger partial charge in [0.2, 0.25) is 0 Å². The summed E-state index contributed by atoms with van der Waals surface area (Å²) < 4.78 is 8.40. The van der Waals surface area contributed by atoms with Crippen LogP contribution < -0.4 is 10.1 Å². The highest BCUT2D eigenvalue weighted by molar-refractivity contribution is 9.10. The fourth-order valence-electron chi connectivity index (χ4n) is 2.28. The van der Waals surface area contributed by atoms with Crippen LogP contribution in [0.15, 0.2) is 22.7 Å². The molecule has 0 atom stereocenters. The normalized spacial score (nSPS) is 10.8. The molecule has 0 aliphatic carbocycles. The number of nitrogens with zero attached hydrogens (tertiary/aromatic N) is 2. The summed E-state index contributed by atoms with van der Waals surface area (Å²) in [5, 5.41) is 7.83. The summed E-state index contributed by atoms with van der Waals surface area (Å²) >= 11 is 3.59. The van der Waals surface area contributed by atoms with E-state index in [4.69, 9.17) is 4.74 Å². The van der Waals surface area contributed by atoms with Gasteiger partial charge in [-0.1, -0.05) is 15.9 Å². The topological polar surface area (TPSA) is 39.1 Å². The van der Waals surface area contributed by atoms with Crippen molar-refractivity contribution < 1.29 is 4.74 Å². The van der Waals surface area contributed by atoms with Gasteiger partial charge in [-0.25, -0.2) is 0 Å². The molecular formula is C15H20BrN3O. The molecule has 2 aromatic rings. The highest BCUT2D eigenvalue weighted by atomic mass is 79.9. The van der Waals surface area contributed by atoms with Crippen LogP contribution in [0, 0.1) is 13.8 Å². The monoisotopic (exact) mass is 337 g/mol. The van der Waals surface area contributed by atoms with Crippen LogP contribution in [0.5, 0.6) is 5.75 Å². The molecule has 0 radical (unpaired) electrons. The zero-order chi connectivity index (χ0) is 14.7. The van der Waals surface area contributed by atoms with Crippen LogP contribution in [0.25, 0.3) is 0 Å². The molecule has 1 aromatic heterocycles. The van der Waals surface area contributed by atoms with Crippen molar-refractivity contribution in [3.63, 3.8) is 0 Å². The van der Waals surface area contributed by atoms with Gasteiger partial charge in [-0.15, -0.1) is 0 Å². The fraction of sp³-hybridized carbons (Fsp3) is 0.400. The Labute approximate surface area is 128 Å². The quantitative estimate of drug-likeness (QED) is 0.911. The summed E-state index contributed by atoms with van der Waals surface area (Å²) in [7, 11) is 3.64. The zero-order valence-electron chi connectivity index (χ0n) is 12.3. The van der Waals surface area contributed by atoms with Crippen molar-refractivity contribution in [2.75, 3.05) is 14.2 Å². The number of benzene rings is 1. The van der Waals surface area contributed by atoms with Crippen LogP contribution in [0.4, 0.5) is 0 Å². The lowest BCUT2D eigenvalue weighted by atomic mass is 10.2. The second-order valence-electron chi connectivity index (χ2n) is 4.79. The number of aryl methyl sites for hydroxylation is 1. The Morgan fingerprint density at radius 3 is 2.75 bits per heavy atom. The molecule has 20 heavy (non-hydrogen) atoms. The molecule has 108 valence electrons. The molecule has 0 unspecified atom stereocenters. The maximum atomic E-state index is 5.28. The van der Waals surface area contributed by atoms with Gasteiger partial charge < -0.3 is 10.1 Å². The lowest BCUT2D eigenvalue weighted by Gasteiger charge is -2.09. The van der Waals surface area contributed by atoms with E-state index in [2.05, 4.69) is 40.2 Å². The first kappa shape index (κ1) is 15.1. The Balaban J connectivity index is 2.33. The highest BCUT2D eigenvalue weighted by Crippen LogP contribution is 2.24. The van der Waals surface area contributed by atoms with Crippen molar-refractivity contribution in [2.24, 2.45) is 0 Å². The van der Waals surface area contributed by atoms with Gasteiger partial charge in [0.25, 0.3) is 0 Å². The molecule has 5 heteroatoms. The van der Waals surface area contributed by atoms with Crippen molar-refractivity contribution >= 4 is 15.9 Å². The third-order valence-electron chi connectivity index (χ3n) is 3.46. The average molecular weight is 338 g/mol. The smallest absolute Gasteiger partial charge is 0.119 e. The van der Waals surface area contributed by atoms with Crippen molar-refractivity contribution in [2.45, 2.75) is 26.9 Å². The van der Waals surface area contributed by atoms with Gasteiger partial charge in [0.1, 0.15) is 5.75 Å². The molecule has 0 amide bonds. The Hall–Kier alpha value is -1.33. The van der Waals surface area contributed by atoms with E-state index in [1.807, 2.05) is 29.9 Å². The first-order chi connectivity index (χ1) is 9.56. The number of hydrogen-bond donors (Lipinski definition) is 1. The molecule has 2 rings (SSSR count). The van der Waals surface area contributed by atoms with Crippen LogP contribution in [0.1, 0.15) is 22.5 Å². The van der Waals surface area contributed by atoms with Crippen LogP contribution in [0.3, 0.4) is 0 Å². The van der Waals surface area contributed by atoms with E-state index in [1.165, 1.54) is 11.3 Å². The van der Waals surface area contributed by atoms with Crippen molar-refractivity contribution in [3.8, 4) is 5.75 Å². The molecule has 1 N–H and O–H groups in total. The van der Waals surface area contributed by atoms with Crippen molar-refractivity contribution in [3.05, 3.63) is 45.2 Å². The van der Waals surface area contributed by atoms with E-state index in [1.54, 1.807) is 7.11 Å². The van der Waals surface area contributed by atoms with E-state index >= 15 is 0 Å². The summed E-state index contributed by atoms with van der Waals surface area (Å²) in [6.07, 6.45) is 0. The van der Waals surface area contributed by atoms with E-state index in [-0.39, 0.29) is 0 Å². The van der Waals surface area contributed by atoms with Crippen LogP contribution in [0.2, 0.25) is 0 Å². The number of halogens is 1. The van der Waals surface area contributed by atoms with E-state index in [0.29, 0.717) is 0 Å².